The average Bonchev–Trinajstić information content (AvgIpc) is 2.81. The molecule has 0 radical (unpaired) electrons. The summed E-state index contributed by atoms with van der Waals surface area (Å²) in [4.78, 5) is 16.8. The molecule has 0 fully saturated rings. The number of aromatic amines is 2. The maximum absolute atomic E-state index is 11.2. The van der Waals surface area contributed by atoms with E-state index in [9.17, 15) is 4.79 Å². The van der Waals surface area contributed by atoms with E-state index in [0.29, 0.717) is 5.92 Å². The molecule has 2 rings (SSSR count). The maximum Gasteiger partial charge on any atom is 0.323 e. The van der Waals surface area contributed by atoms with Gasteiger partial charge in [-0.15, -0.1) is 0 Å². The summed E-state index contributed by atoms with van der Waals surface area (Å²) in [6.45, 7) is 8.45. The molecule has 1 unspecified atom stereocenters. The predicted molar refractivity (Wildman–Crippen MR) is 82.8 cm³/mol. The highest BCUT2D eigenvalue weighted by Gasteiger charge is 2.10. The van der Waals surface area contributed by atoms with Gasteiger partial charge in [0.05, 0.1) is 11.0 Å². The molecule has 0 amide bonds. The molecule has 3 heteroatoms. The van der Waals surface area contributed by atoms with Crippen molar-refractivity contribution in [3.63, 3.8) is 0 Å². The Morgan fingerprint density at radius 3 is 2.42 bits per heavy atom. The molecule has 0 saturated carbocycles. The van der Waals surface area contributed by atoms with Crippen LogP contribution in [0.1, 0.15) is 64.9 Å². The van der Waals surface area contributed by atoms with Crippen molar-refractivity contribution < 1.29 is 0 Å². The molecule has 2 aromatic rings. The Morgan fingerprint density at radius 2 is 1.79 bits per heavy atom. The van der Waals surface area contributed by atoms with Crippen molar-refractivity contribution >= 4 is 11.0 Å². The van der Waals surface area contributed by atoms with E-state index in [1.54, 1.807) is 0 Å². The molecule has 0 saturated heterocycles. The molecule has 0 aliphatic rings. The third kappa shape index (κ3) is 3.98. The highest BCUT2D eigenvalue weighted by atomic mass is 16.1. The molecule has 0 aliphatic carbocycles. The summed E-state index contributed by atoms with van der Waals surface area (Å²) in [5.41, 5.74) is 3.02. The number of hydrogen-bond acceptors (Lipinski definition) is 1. The standard InChI is InChI=1S/C14H20N2O.C2H6/c1-3-5-6-10(4-2)11-7-8-12-13(9-11)16-14(17)15-12;1-2/h7-10H,3-6H2,1-2H3,(H2,15,16,17);1-2H3. The van der Waals surface area contributed by atoms with E-state index in [1.165, 1.54) is 24.8 Å². The Morgan fingerprint density at radius 1 is 1.11 bits per heavy atom. The fourth-order valence-corrected chi connectivity index (χ4v) is 2.36. The van der Waals surface area contributed by atoms with Crippen LogP contribution in [-0.2, 0) is 0 Å². The van der Waals surface area contributed by atoms with Gasteiger partial charge in [0.2, 0.25) is 0 Å². The lowest BCUT2D eigenvalue weighted by Gasteiger charge is -2.14. The second-order valence-electron chi connectivity index (χ2n) is 4.63. The first-order valence-electron chi connectivity index (χ1n) is 7.46. The summed E-state index contributed by atoms with van der Waals surface area (Å²) < 4.78 is 0. The van der Waals surface area contributed by atoms with Gasteiger partial charge < -0.3 is 9.97 Å². The van der Waals surface area contributed by atoms with E-state index < -0.39 is 0 Å². The summed E-state index contributed by atoms with van der Waals surface area (Å²) >= 11 is 0. The lowest BCUT2D eigenvalue weighted by molar-refractivity contribution is 0.570. The van der Waals surface area contributed by atoms with Crippen molar-refractivity contribution in [2.24, 2.45) is 0 Å². The number of H-pyrrole nitrogens is 2. The highest BCUT2D eigenvalue weighted by Crippen LogP contribution is 2.26. The van der Waals surface area contributed by atoms with Gasteiger partial charge in [-0.3, -0.25) is 0 Å². The van der Waals surface area contributed by atoms with Gasteiger partial charge in [0.15, 0.2) is 0 Å². The van der Waals surface area contributed by atoms with Gasteiger partial charge in [0.1, 0.15) is 0 Å². The molecule has 0 bridgehead atoms. The minimum Gasteiger partial charge on any atom is -0.306 e. The summed E-state index contributed by atoms with van der Waals surface area (Å²) in [5.74, 6) is 0.609. The molecule has 1 aromatic heterocycles. The quantitative estimate of drug-likeness (QED) is 0.815. The van der Waals surface area contributed by atoms with Crippen LogP contribution in [-0.4, -0.2) is 9.97 Å². The first-order valence-corrected chi connectivity index (χ1v) is 7.46. The molecule has 1 heterocycles. The van der Waals surface area contributed by atoms with E-state index in [0.717, 1.165) is 17.5 Å². The minimum atomic E-state index is -0.126. The van der Waals surface area contributed by atoms with E-state index in [4.69, 9.17) is 0 Å². The average molecular weight is 262 g/mol. The van der Waals surface area contributed by atoms with Gasteiger partial charge in [-0.05, 0) is 36.5 Å². The number of unbranched alkanes of at least 4 members (excludes halogenated alkanes) is 1. The van der Waals surface area contributed by atoms with Crippen LogP contribution in [0, 0.1) is 0 Å². The third-order valence-electron chi connectivity index (χ3n) is 3.41. The van der Waals surface area contributed by atoms with E-state index in [-0.39, 0.29) is 5.69 Å². The Kier molecular flexibility index (Phi) is 6.40. The molecular weight excluding hydrogens is 236 g/mol. The Hall–Kier alpha value is -1.51. The van der Waals surface area contributed by atoms with Gasteiger partial charge in [-0.25, -0.2) is 4.79 Å². The second kappa shape index (κ2) is 7.82. The number of benzene rings is 1. The number of aromatic nitrogens is 2. The smallest absolute Gasteiger partial charge is 0.306 e. The molecular formula is C16H26N2O. The number of hydrogen-bond donors (Lipinski definition) is 2. The Balaban J connectivity index is 0.000000861. The van der Waals surface area contributed by atoms with Crippen molar-refractivity contribution in [1.29, 1.82) is 0 Å². The van der Waals surface area contributed by atoms with Crippen LogP contribution in [0.4, 0.5) is 0 Å². The van der Waals surface area contributed by atoms with E-state index in [1.807, 2.05) is 19.9 Å². The first kappa shape index (κ1) is 15.5. The van der Waals surface area contributed by atoms with Crippen LogP contribution in [0.2, 0.25) is 0 Å². The third-order valence-corrected chi connectivity index (χ3v) is 3.41. The summed E-state index contributed by atoms with van der Waals surface area (Å²) in [6, 6.07) is 6.24. The van der Waals surface area contributed by atoms with Gasteiger partial charge in [0, 0.05) is 0 Å². The van der Waals surface area contributed by atoms with E-state index in [2.05, 4.69) is 35.9 Å². The molecule has 0 spiro atoms. The molecule has 106 valence electrons. The van der Waals surface area contributed by atoms with Crippen LogP contribution < -0.4 is 5.69 Å². The summed E-state index contributed by atoms with van der Waals surface area (Å²) in [6.07, 6.45) is 4.88. The van der Waals surface area contributed by atoms with Gasteiger partial charge in [-0.1, -0.05) is 46.6 Å². The van der Waals surface area contributed by atoms with Crippen molar-refractivity contribution in [3.05, 3.63) is 34.2 Å². The van der Waals surface area contributed by atoms with Crippen molar-refractivity contribution in [1.82, 2.24) is 9.97 Å². The lowest BCUT2D eigenvalue weighted by atomic mass is 9.91. The number of imidazole rings is 1. The minimum absolute atomic E-state index is 0.126. The first-order chi connectivity index (χ1) is 9.24. The summed E-state index contributed by atoms with van der Waals surface area (Å²) in [7, 11) is 0. The van der Waals surface area contributed by atoms with Crippen LogP contribution in [0.25, 0.3) is 11.0 Å². The van der Waals surface area contributed by atoms with Gasteiger partial charge in [0.25, 0.3) is 0 Å². The topological polar surface area (TPSA) is 48.6 Å². The number of rotatable bonds is 5. The number of fused-ring (bicyclic) bond motifs is 1. The molecule has 1 aromatic carbocycles. The molecule has 19 heavy (non-hydrogen) atoms. The lowest BCUT2D eigenvalue weighted by Crippen LogP contribution is -1.99. The fraction of sp³-hybridized carbons (Fsp3) is 0.562. The van der Waals surface area contributed by atoms with E-state index >= 15 is 0 Å². The monoisotopic (exact) mass is 262 g/mol. The molecule has 2 N–H and O–H groups in total. The Bertz CT molecular complexity index is 539. The zero-order valence-corrected chi connectivity index (χ0v) is 12.5. The van der Waals surface area contributed by atoms with Crippen molar-refractivity contribution in [2.75, 3.05) is 0 Å². The maximum atomic E-state index is 11.2. The van der Waals surface area contributed by atoms with Crippen LogP contribution in [0.5, 0.6) is 0 Å². The molecule has 3 nitrogen and oxygen atoms in total. The largest absolute Gasteiger partial charge is 0.323 e. The SMILES string of the molecule is CC.CCCCC(CC)c1ccc2[nH]c(=O)[nH]c2c1. The molecule has 0 aliphatic heterocycles. The molecule has 1 atom stereocenters. The second-order valence-corrected chi connectivity index (χ2v) is 4.63. The van der Waals surface area contributed by atoms with Crippen LogP contribution in [0.15, 0.2) is 23.0 Å². The van der Waals surface area contributed by atoms with Gasteiger partial charge >= 0.3 is 5.69 Å². The summed E-state index contributed by atoms with van der Waals surface area (Å²) in [5, 5.41) is 0. The predicted octanol–water partition coefficient (Wildman–Crippen LogP) is 4.57. The number of nitrogens with one attached hydrogen (secondary N) is 2. The van der Waals surface area contributed by atoms with Crippen molar-refractivity contribution in [3.8, 4) is 0 Å². The van der Waals surface area contributed by atoms with Crippen LogP contribution >= 0.6 is 0 Å². The van der Waals surface area contributed by atoms with Gasteiger partial charge in [-0.2, -0.15) is 0 Å². The zero-order valence-electron chi connectivity index (χ0n) is 12.5. The highest BCUT2D eigenvalue weighted by molar-refractivity contribution is 5.75. The Labute approximate surface area is 115 Å². The fourth-order valence-electron chi connectivity index (χ4n) is 2.36. The van der Waals surface area contributed by atoms with Crippen molar-refractivity contribution in [2.45, 2.75) is 59.3 Å². The normalized spacial score (nSPS) is 12.0. The zero-order chi connectivity index (χ0) is 14.3. The van der Waals surface area contributed by atoms with Crippen LogP contribution in [0.3, 0.4) is 0 Å².